The van der Waals surface area contributed by atoms with Gasteiger partial charge in [-0.05, 0) is 176 Å². The lowest BCUT2D eigenvalue weighted by Gasteiger charge is -2.42. The highest BCUT2D eigenvalue weighted by Crippen LogP contribution is 2.56. The lowest BCUT2D eigenvalue weighted by Crippen LogP contribution is -2.46. The van der Waals surface area contributed by atoms with E-state index < -0.39 is 5.41 Å². The molecule has 83 heavy (non-hydrogen) atoms. The van der Waals surface area contributed by atoms with Crippen molar-refractivity contribution in [2.75, 3.05) is 99.1 Å². The van der Waals surface area contributed by atoms with Gasteiger partial charge in [-0.15, -0.1) is 0 Å². The van der Waals surface area contributed by atoms with Gasteiger partial charge in [0.1, 0.15) is 0 Å². The first-order valence-electron chi connectivity index (χ1n) is 31.7. The summed E-state index contributed by atoms with van der Waals surface area (Å²) >= 11 is 0. The Morgan fingerprint density at radius 2 is 0.771 bits per heavy atom. The average Bonchev–Trinajstić information content (AvgIpc) is 4.18. The molecule has 4 heterocycles. The number of hydrogen-bond donors (Lipinski definition) is 0. The van der Waals surface area contributed by atoms with E-state index in [9.17, 15) is 0 Å². The van der Waals surface area contributed by atoms with Crippen LogP contribution in [0, 0.1) is 21.7 Å². The summed E-state index contributed by atoms with van der Waals surface area (Å²) in [6.45, 7) is 32.0. The molecule has 0 radical (unpaired) electrons. The summed E-state index contributed by atoms with van der Waals surface area (Å²) in [5.74, 6) is 0. The molecule has 6 aromatic carbocycles. The zero-order chi connectivity index (χ0) is 57.4. The Bertz CT molecular complexity index is 3370. The van der Waals surface area contributed by atoms with Crippen molar-refractivity contribution in [2.45, 2.75) is 130 Å². The number of hydrogen-bond acceptors (Lipinski definition) is 8. The van der Waals surface area contributed by atoms with E-state index in [2.05, 4.69) is 172 Å². The minimum Gasteiger partial charge on any atom is -0.381 e. The molecule has 0 aromatic heterocycles. The maximum atomic E-state index is 7.20. The summed E-state index contributed by atoms with van der Waals surface area (Å²) in [7, 11) is 0. The Hall–Kier alpha value is -5.00. The minimum atomic E-state index is -0.430. The zero-order valence-electron chi connectivity index (χ0n) is 51.3. The monoisotopic (exact) mass is 1120 g/mol. The van der Waals surface area contributed by atoms with Gasteiger partial charge in [0.25, 0.3) is 0 Å². The molecule has 0 saturated carbocycles. The summed E-state index contributed by atoms with van der Waals surface area (Å²) in [5, 5.41) is 0. The molecule has 438 valence electrons. The third kappa shape index (κ3) is 9.92. The van der Waals surface area contributed by atoms with E-state index in [0.717, 1.165) is 124 Å². The molecular weight excluding hydrogens is 1030 g/mol. The molecule has 2 atom stereocenters. The van der Waals surface area contributed by atoms with Crippen molar-refractivity contribution < 1.29 is 37.9 Å². The van der Waals surface area contributed by atoms with Crippen LogP contribution in [0.15, 0.2) is 109 Å². The number of rotatable bonds is 25. The summed E-state index contributed by atoms with van der Waals surface area (Å²) in [4.78, 5) is 0. The fourth-order valence-corrected chi connectivity index (χ4v) is 14.9. The maximum absolute atomic E-state index is 7.20. The van der Waals surface area contributed by atoms with Gasteiger partial charge in [0.05, 0.1) is 98.6 Å². The van der Waals surface area contributed by atoms with Crippen LogP contribution in [0.3, 0.4) is 0 Å². The summed E-state index contributed by atoms with van der Waals surface area (Å²) in [6, 6.07) is 43.2. The van der Waals surface area contributed by atoms with Crippen molar-refractivity contribution in [2.24, 2.45) is 21.7 Å². The number of benzene rings is 6. The molecule has 0 bridgehead atoms. The van der Waals surface area contributed by atoms with E-state index >= 15 is 0 Å². The lowest BCUT2D eigenvalue weighted by molar-refractivity contribution is -0.159. The first-order chi connectivity index (χ1) is 40.1. The van der Waals surface area contributed by atoms with Crippen LogP contribution >= 0.6 is 0 Å². The van der Waals surface area contributed by atoms with Crippen LogP contribution < -0.4 is 0 Å². The molecule has 0 amide bonds. The Morgan fingerprint density at radius 3 is 1.22 bits per heavy atom. The zero-order valence-corrected chi connectivity index (χ0v) is 51.3. The second-order valence-electron chi connectivity index (χ2n) is 27.8. The molecule has 7 aliphatic rings. The van der Waals surface area contributed by atoms with Gasteiger partial charge in [-0.25, -0.2) is 0 Å². The first-order valence-corrected chi connectivity index (χ1v) is 31.7. The Kier molecular flexibility index (Phi) is 15.2. The van der Waals surface area contributed by atoms with Gasteiger partial charge in [0.15, 0.2) is 0 Å². The fraction of sp³-hybridized carbons (Fsp3) is 0.520. The topological polar surface area (TPSA) is 73.8 Å². The second kappa shape index (κ2) is 22.1. The number of fused-ring (bicyclic) bond motifs is 9. The van der Waals surface area contributed by atoms with Crippen molar-refractivity contribution >= 4 is 0 Å². The van der Waals surface area contributed by atoms with Crippen molar-refractivity contribution in [3.8, 4) is 55.6 Å². The highest BCUT2D eigenvalue weighted by atomic mass is 16.5. The molecule has 0 N–H and O–H groups in total. The van der Waals surface area contributed by atoms with Gasteiger partial charge in [-0.3, -0.25) is 0 Å². The van der Waals surface area contributed by atoms with Gasteiger partial charge < -0.3 is 37.9 Å². The van der Waals surface area contributed by atoms with E-state index in [0.29, 0.717) is 19.8 Å². The SMILES string of the molecule is CCC1(COCCCC2(COCC3(CC)COC3)c3cc(-c4ccc5c(c4)C(C)(C)c4cc(CCOCC6(CC)COC6)ccc4-5)ccc3-c3ccc(-c4ccc5c(c4)C(C)(C)c4cc(C(C)OCC6(CC)COC6)ccc4-5)cc32)COC1. The highest BCUT2D eigenvalue weighted by molar-refractivity contribution is 5.89. The molecule has 3 aliphatic carbocycles. The van der Waals surface area contributed by atoms with Crippen LogP contribution in [0.2, 0.25) is 0 Å². The molecule has 13 rings (SSSR count). The lowest BCUT2D eigenvalue weighted by atomic mass is 9.73. The smallest absolute Gasteiger partial charge is 0.0797 e. The molecule has 0 spiro atoms. The van der Waals surface area contributed by atoms with Gasteiger partial charge in [0, 0.05) is 44.5 Å². The van der Waals surface area contributed by atoms with Gasteiger partial charge in [0.2, 0.25) is 0 Å². The third-order valence-electron chi connectivity index (χ3n) is 21.8. The standard InChI is InChI=1S/C75H90O8/c1-10-71(39-78-40-71)37-76-29-14-28-75(49-82-45-73(12-3)43-80-44-73)67-35-55(53-17-23-59-57-21-15-51(31-63(57)69(6,7)65(59)33-53)27-30-77-38-72(11-2)41-79-42-72)19-25-61(67)62-26-20-56(36-68(62)75)54-18-24-60-58-22-16-52(32-64(58)70(8,9)66(60)34-54)50(5)83-48-74(13-4)46-81-47-74/h15-26,31-36,50H,10-14,27-30,37-49H2,1-9H3. The normalized spacial score (nSPS) is 21.9. The van der Waals surface area contributed by atoms with E-state index in [4.69, 9.17) is 37.9 Å². The summed E-state index contributed by atoms with van der Waals surface area (Å²) in [6.07, 6.45) is 6.96. The first kappa shape index (κ1) is 57.1. The van der Waals surface area contributed by atoms with Crippen LogP contribution in [0.25, 0.3) is 55.6 Å². The molecule has 4 saturated heterocycles. The van der Waals surface area contributed by atoms with E-state index in [1.54, 1.807) is 0 Å². The van der Waals surface area contributed by atoms with Crippen molar-refractivity contribution in [1.29, 1.82) is 0 Å². The quantitative estimate of drug-likeness (QED) is 0.0525. The molecule has 4 fully saturated rings. The Labute approximate surface area is 495 Å². The van der Waals surface area contributed by atoms with Crippen LogP contribution in [0.1, 0.15) is 151 Å². The maximum Gasteiger partial charge on any atom is 0.0797 e. The van der Waals surface area contributed by atoms with Crippen LogP contribution in [0.5, 0.6) is 0 Å². The van der Waals surface area contributed by atoms with Crippen LogP contribution in [-0.4, -0.2) is 99.1 Å². The Morgan fingerprint density at radius 1 is 0.398 bits per heavy atom. The van der Waals surface area contributed by atoms with Crippen molar-refractivity contribution in [3.63, 3.8) is 0 Å². The van der Waals surface area contributed by atoms with Gasteiger partial charge in [-0.2, -0.15) is 0 Å². The highest BCUT2D eigenvalue weighted by Gasteiger charge is 2.47. The predicted octanol–water partition coefficient (Wildman–Crippen LogP) is 16.1. The van der Waals surface area contributed by atoms with Crippen molar-refractivity contribution in [1.82, 2.24) is 0 Å². The third-order valence-corrected chi connectivity index (χ3v) is 21.8. The van der Waals surface area contributed by atoms with Gasteiger partial charge in [-0.1, -0.05) is 140 Å². The second-order valence-corrected chi connectivity index (χ2v) is 27.8. The van der Waals surface area contributed by atoms with Gasteiger partial charge >= 0.3 is 0 Å². The molecule has 2 unspecified atom stereocenters. The fourth-order valence-electron chi connectivity index (χ4n) is 14.9. The predicted molar refractivity (Wildman–Crippen MR) is 333 cm³/mol. The van der Waals surface area contributed by atoms with E-state index in [1.165, 1.54) is 100 Å². The average molecular weight is 1120 g/mol. The van der Waals surface area contributed by atoms with E-state index in [1.807, 2.05) is 0 Å². The number of ether oxygens (including phenoxy) is 8. The Balaban J connectivity index is 0.830. The largest absolute Gasteiger partial charge is 0.381 e. The summed E-state index contributed by atoms with van der Waals surface area (Å²) < 4.78 is 49.4. The molecular formula is C75H90O8. The minimum absolute atomic E-state index is 0.00278. The van der Waals surface area contributed by atoms with E-state index in [-0.39, 0.29) is 38.6 Å². The molecule has 8 heteroatoms. The van der Waals surface area contributed by atoms with Crippen molar-refractivity contribution in [3.05, 3.63) is 154 Å². The molecule has 4 aliphatic heterocycles. The van der Waals surface area contributed by atoms with Crippen LogP contribution in [-0.2, 0) is 60.6 Å². The van der Waals surface area contributed by atoms with Crippen LogP contribution in [0.4, 0.5) is 0 Å². The molecule has 6 aromatic rings. The summed E-state index contributed by atoms with van der Waals surface area (Å²) in [5.41, 5.74) is 23.4. The molecule has 8 nitrogen and oxygen atoms in total.